The van der Waals surface area contributed by atoms with Gasteiger partial charge < -0.3 is 9.64 Å². The number of carbonyl (C=O) groups is 1. The third-order valence-electron chi connectivity index (χ3n) is 5.52. The number of aryl methyl sites for hydroxylation is 1. The van der Waals surface area contributed by atoms with E-state index in [0.29, 0.717) is 0 Å². The van der Waals surface area contributed by atoms with Crippen LogP contribution in [-0.4, -0.2) is 65.6 Å². The number of alkyl halides is 4. The predicted octanol–water partition coefficient (Wildman–Crippen LogP) is 3.31. The Bertz CT molecular complexity index is 1190. The SMILES string of the molecule is CC1CC(F)(F)CN(C(=O)c2nn(C)cc2-c2ncc(F)cn2)C1COc1ncc(C(F)F)cn1. The van der Waals surface area contributed by atoms with Gasteiger partial charge >= 0.3 is 6.01 Å². The first kappa shape index (κ1) is 24.4. The first-order valence-corrected chi connectivity index (χ1v) is 10.5. The summed E-state index contributed by atoms with van der Waals surface area (Å²) in [5, 5.41) is 4.11. The van der Waals surface area contributed by atoms with E-state index in [1.165, 1.54) is 17.9 Å². The summed E-state index contributed by atoms with van der Waals surface area (Å²) in [6.45, 7) is 0.395. The van der Waals surface area contributed by atoms with Gasteiger partial charge in [-0.3, -0.25) is 9.48 Å². The molecule has 2 unspecified atom stereocenters. The molecular formula is C21H20F5N7O2. The Morgan fingerprint density at radius 3 is 2.46 bits per heavy atom. The lowest BCUT2D eigenvalue weighted by Gasteiger charge is -2.42. The summed E-state index contributed by atoms with van der Waals surface area (Å²) >= 11 is 0. The highest BCUT2D eigenvalue weighted by Gasteiger charge is 2.47. The van der Waals surface area contributed by atoms with Gasteiger partial charge in [-0.1, -0.05) is 6.92 Å². The zero-order valence-corrected chi connectivity index (χ0v) is 18.6. The van der Waals surface area contributed by atoms with E-state index >= 15 is 0 Å². The summed E-state index contributed by atoms with van der Waals surface area (Å²) in [6, 6.07) is -1.06. The number of nitrogens with zero attached hydrogens (tertiary/aromatic N) is 7. The van der Waals surface area contributed by atoms with Gasteiger partial charge in [0.15, 0.2) is 17.3 Å². The van der Waals surface area contributed by atoms with Gasteiger partial charge in [-0.15, -0.1) is 0 Å². The third kappa shape index (κ3) is 5.35. The van der Waals surface area contributed by atoms with E-state index in [0.717, 1.165) is 29.7 Å². The maximum Gasteiger partial charge on any atom is 0.316 e. The van der Waals surface area contributed by atoms with Crippen LogP contribution in [0.25, 0.3) is 11.4 Å². The standard InChI is InChI=1S/C21H20F5N7O2/c1-11-3-21(25,26)10-33(15(11)9-35-20-29-4-12(5-30-20)17(23)24)19(34)16-14(8-32(2)31-16)18-27-6-13(22)7-28-18/h4-8,11,15,17H,3,9-10H2,1-2H3. The number of hydrogen-bond acceptors (Lipinski definition) is 7. The van der Waals surface area contributed by atoms with Crippen LogP contribution in [0.2, 0.25) is 0 Å². The van der Waals surface area contributed by atoms with Crippen molar-refractivity contribution < 1.29 is 31.5 Å². The van der Waals surface area contributed by atoms with E-state index < -0.39 is 54.6 Å². The molecule has 1 saturated heterocycles. The number of piperidine rings is 1. The van der Waals surface area contributed by atoms with Crippen molar-refractivity contribution in [2.24, 2.45) is 13.0 Å². The fraction of sp³-hybridized carbons (Fsp3) is 0.429. The van der Waals surface area contributed by atoms with E-state index in [4.69, 9.17) is 4.74 Å². The molecule has 3 aromatic rings. The lowest BCUT2D eigenvalue weighted by Crippen LogP contribution is -2.57. The molecule has 4 rings (SSSR count). The second kappa shape index (κ2) is 9.50. The van der Waals surface area contributed by atoms with Crippen LogP contribution in [0.1, 0.15) is 35.8 Å². The lowest BCUT2D eigenvalue weighted by molar-refractivity contribution is -0.0981. The molecule has 1 aliphatic heterocycles. The van der Waals surface area contributed by atoms with Gasteiger partial charge in [-0.05, 0) is 5.92 Å². The Morgan fingerprint density at radius 2 is 1.83 bits per heavy atom. The number of halogens is 5. The highest BCUT2D eigenvalue weighted by Crippen LogP contribution is 2.36. The second-order valence-corrected chi connectivity index (χ2v) is 8.24. The topological polar surface area (TPSA) is 98.9 Å². The van der Waals surface area contributed by atoms with Crippen molar-refractivity contribution in [3.8, 4) is 17.4 Å². The minimum Gasteiger partial charge on any atom is -0.461 e. The molecule has 1 amide bonds. The van der Waals surface area contributed by atoms with Crippen LogP contribution in [0.4, 0.5) is 22.0 Å². The van der Waals surface area contributed by atoms with Gasteiger partial charge in [0.25, 0.3) is 18.3 Å². The molecule has 1 aliphatic rings. The predicted molar refractivity (Wildman–Crippen MR) is 110 cm³/mol. The largest absolute Gasteiger partial charge is 0.461 e. The molecule has 186 valence electrons. The molecule has 0 N–H and O–H groups in total. The molecule has 3 aromatic heterocycles. The Kier molecular flexibility index (Phi) is 6.63. The summed E-state index contributed by atoms with van der Waals surface area (Å²) in [5.74, 6) is -5.36. The quantitative estimate of drug-likeness (QED) is 0.482. The highest BCUT2D eigenvalue weighted by molar-refractivity contribution is 5.98. The lowest BCUT2D eigenvalue weighted by atomic mass is 9.88. The van der Waals surface area contributed by atoms with Crippen LogP contribution in [0.15, 0.2) is 31.0 Å². The monoisotopic (exact) mass is 497 g/mol. The number of hydrogen-bond donors (Lipinski definition) is 0. The van der Waals surface area contributed by atoms with Crippen molar-refractivity contribution in [2.45, 2.75) is 31.7 Å². The van der Waals surface area contributed by atoms with Crippen molar-refractivity contribution in [1.29, 1.82) is 0 Å². The smallest absolute Gasteiger partial charge is 0.316 e. The number of ether oxygens (including phenoxy) is 1. The van der Waals surface area contributed by atoms with Gasteiger partial charge in [-0.2, -0.15) is 5.10 Å². The van der Waals surface area contributed by atoms with Crippen LogP contribution in [0, 0.1) is 11.7 Å². The average molecular weight is 497 g/mol. The molecule has 0 spiro atoms. The normalized spacial score (nSPS) is 19.7. The third-order valence-corrected chi connectivity index (χ3v) is 5.52. The van der Waals surface area contributed by atoms with Gasteiger partial charge in [0.2, 0.25) is 0 Å². The molecule has 2 atom stereocenters. The first-order chi connectivity index (χ1) is 16.5. The molecule has 0 saturated carbocycles. The molecule has 14 heteroatoms. The zero-order chi connectivity index (χ0) is 25.3. The van der Waals surface area contributed by atoms with Crippen LogP contribution in [0.3, 0.4) is 0 Å². The molecular weight excluding hydrogens is 477 g/mol. The number of carbonyl (C=O) groups excluding carboxylic acids is 1. The maximum absolute atomic E-state index is 14.5. The van der Waals surface area contributed by atoms with Crippen molar-refractivity contribution in [2.75, 3.05) is 13.2 Å². The van der Waals surface area contributed by atoms with Crippen LogP contribution in [-0.2, 0) is 7.05 Å². The molecule has 1 fully saturated rings. The Morgan fingerprint density at radius 1 is 1.17 bits per heavy atom. The van der Waals surface area contributed by atoms with Gasteiger partial charge in [0.1, 0.15) is 6.61 Å². The maximum atomic E-state index is 14.5. The van der Waals surface area contributed by atoms with E-state index in [-0.39, 0.29) is 29.7 Å². The minimum atomic E-state index is -3.16. The average Bonchev–Trinajstić information content (AvgIpc) is 3.19. The molecule has 35 heavy (non-hydrogen) atoms. The molecule has 4 heterocycles. The van der Waals surface area contributed by atoms with Crippen LogP contribution in [0.5, 0.6) is 6.01 Å². The fourth-order valence-corrected chi connectivity index (χ4v) is 3.89. The van der Waals surface area contributed by atoms with E-state index in [9.17, 15) is 26.7 Å². The van der Waals surface area contributed by atoms with Crippen molar-refractivity contribution >= 4 is 5.91 Å². The minimum absolute atomic E-state index is 0.0000112. The van der Waals surface area contributed by atoms with E-state index in [1.807, 2.05) is 0 Å². The fourth-order valence-electron chi connectivity index (χ4n) is 3.89. The molecule has 0 aromatic carbocycles. The van der Waals surface area contributed by atoms with Crippen molar-refractivity contribution in [3.05, 3.63) is 48.1 Å². The van der Waals surface area contributed by atoms with Crippen molar-refractivity contribution in [3.63, 3.8) is 0 Å². The number of aromatic nitrogens is 6. The van der Waals surface area contributed by atoms with Gasteiger partial charge in [0.05, 0.1) is 36.1 Å². The van der Waals surface area contributed by atoms with E-state index in [2.05, 4.69) is 25.0 Å². The second-order valence-electron chi connectivity index (χ2n) is 8.24. The summed E-state index contributed by atoms with van der Waals surface area (Å²) in [4.78, 5) is 29.5. The summed E-state index contributed by atoms with van der Waals surface area (Å²) < 4.78 is 74.4. The molecule has 9 nitrogen and oxygen atoms in total. The summed E-state index contributed by atoms with van der Waals surface area (Å²) in [6.07, 6.45) is 1.81. The Labute approximate surface area is 196 Å². The first-order valence-electron chi connectivity index (χ1n) is 10.5. The summed E-state index contributed by atoms with van der Waals surface area (Å²) in [7, 11) is 1.53. The van der Waals surface area contributed by atoms with Crippen LogP contribution >= 0.6 is 0 Å². The molecule has 0 aliphatic carbocycles. The Hall–Kier alpha value is -3.71. The summed E-state index contributed by atoms with van der Waals surface area (Å²) in [5.41, 5.74) is -0.443. The highest BCUT2D eigenvalue weighted by atomic mass is 19.3. The van der Waals surface area contributed by atoms with Gasteiger partial charge in [-0.25, -0.2) is 41.9 Å². The number of likely N-dealkylation sites (tertiary alicyclic amines) is 1. The molecule has 0 bridgehead atoms. The number of amides is 1. The van der Waals surface area contributed by atoms with Crippen molar-refractivity contribution in [1.82, 2.24) is 34.6 Å². The van der Waals surface area contributed by atoms with Crippen LogP contribution < -0.4 is 4.74 Å². The number of rotatable bonds is 6. The van der Waals surface area contributed by atoms with Gasteiger partial charge in [0, 0.05) is 32.1 Å². The Balaban J connectivity index is 1.61. The molecule has 0 radical (unpaired) electrons. The van der Waals surface area contributed by atoms with E-state index in [1.54, 1.807) is 6.92 Å². The zero-order valence-electron chi connectivity index (χ0n) is 18.6.